The Hall–Kier alpha value is -1.26. The summed E-state index contributed by atoms with van der Waals surface area (Å²) in [6.45, 7) is 12.8. The number of hydrogen-bond donors (Lipinski definition) is 1. The predicted molar refractivity (Wildman–Crippen MR) is 102 cm³/mol. The van der Waals surface area contributed by atoms with E-state index in [0.29, 0.717) is 19.2 Å². The van der Waals surface area contributed by atoms with Gasteiger partial charge in [0.2, 0.25) is 0 Å². The van der Waals surface area contributed by atoms with Crippen LogP contribution in [0.4, 0.5) is 0 Å². The first-order valence-corrected chi connectivity index (χ1v) is 9.60. The summed E-state index contributed by atoms with van der Waals surface area (Å²) >= 11 is 0. The molecule has 0 aliphatic carbocycles. The van der Waals surface area contributed by atoms with E-state index in [1.54, 1.807) is 0 Å². The molecule has 1 N–H and O–H groups in total. The maximum absolute atomic E-state index is 12.6. The zero-order chi connectivity index (χ0) is 18.6. The number of benzene rings is 1. The summed E-state index contributed by atoms with van der Waals surface area (Å²) < 4.78 is 6.07. The molecule has 5 heteroatoms. The number of nitrogens with zero attached hydrogens (tertiary/aromatic N) is 1. The van der Waals surface area contributed by atoms with Crippen LogP contribution in [0, 0.1) is 20.8 Å². The standard InChI is InChI=1S/C21H34N2O2.ClH/c1-15-11-16(2)21(17(3)12-15)25-14-19(5)22(6)20(24)13-23-10-8-7-9-18(23)4;/h11-12,18-19H,7-10,13-14H2,1-6H3;1H. The van der Waals surface area contributed by atoms with Crippen LogP contribution in [0.15, 0.2) is 12.1 Å². The Kier molecular flexibility index (Phi) is 8.91. The highest BCUT2D eigenvalue weighted by atomic mass is 35.5. The van der Waals surface area contributed by atoms with Crippen LogP contribution in [0.25, 0.3) is 0 Å². The lowest BCUT2D eigenvalue weighted by Gasteiger charge is -2.32. The van der Waals surface area contributed by atoms with E-state index in [1.807, 2.05) is 11.9 Å². The van der Waals surface area contributed by atoms with E-state index < -0.39 is 0 Å². The Morgan fingerprint density at radius 2 is 1.88 bits per heavy atom. The molecule has 26 heavy (non-hydrogen) atoms. The molecule has 1 aliphatic heterocycles. The molecular formula is C21H35ClN2O2. The van der Waals surface area contributed by atoms with Crippen molar-refractivity contribution >= 4 is 5.91 Å². The number of halogens is 1. The highest BCUT2D eigenvalue weighted by Gasteiger charge is 2.27. The summed E-state index contributed by atoms with van der Waals surface area (Å²) in [5.74, 6) is 1.17. The van der Waals surface area contributed by atoms with Crippen molar-refractivity contribution in [1.82, 2.24) is 4.90 Å². The fourth-order valence-corrected chi connectivity index (χ4v) is 3.79. The molecule has 0 aromatic heterocycles. The maximum Gasteiger partial charge on any atom is 0.277 e. The summed E-state index contributed by atoms with van der Waals surface area (Å²) in [6, 6.07) is 4.94. The molecule has 1 aliphatic rings. The minimum Gasteiger partial charge on any atom is -1.00 e. The Morgan fingerprint density at radius 1 is 1.27 bits per heavy atom. The second kappa shape index (κ2) is 10.2. The van der Waals surface area contributed by atoms with Crippen molar-refractivity contribution < 1.29 is 26.8 Å². The minimum absolute atomic E-state index is 0. The van der Waals surface area contributed by atoms with Crippen LogP contribution in [0.2, 0.25) is 0 Å². The van der Waals surface area contributed by atoms with Crippen molar-refractivity contribution in [1.29, 1.82) is 0 Å². The van der Waals surface area contributed by atoms with Gasteiger partial charge in [-0.3, -0.25) is 4.79 Å². The number of rotatable bonds is 6. The summed E-state index contributed by atoms with van der Waals surface area (Å²) in [5.41, 5.74) is 3.57. The van der Waals surface area contributed by atoms with Crippen molar-refractivity contribution in [2.24, 2.45) is 0 Å². The van der Waals surface area contributed by atoms with Crippen molar-refractivity contribution in [3.05, 3.63) is 28.8 Å². The molecule has 0 spiro atoms. The first kappa shape index (κ1) is 22.8. The number of hydrogen-bond acceptors (Lipinski definition) is 2. The zero-order valence-corrected chi connectivity index (χ0v) is 17.9. The lowest BCUT2D eigenvalue weighted by atomic mass is 10.0. The number of ether oxygens (including phenoxy) is 1. The third-order valence-corrected chi connectivity index (χ3v) is 5.59. The number of aryl methyl sites for hydroxylation is 3. The number of nitrogens with one attached hydrogen (secondary N) is 1. The van der Waals surface area contributed by atoms with Gasteiger partial charge in [0.05, 0.1) is 18.6 Å². The lowest BCUT2D eigenvalue weighted by molar-refractivity contribution is -0.921. The molecule has 148 valence electrons. The Bertz CT molecular complexity index is 583. The van der Waals surface area contributed by atoms with Gasteiger partial charge in [0.25, 0.3) is 5.91 Å². The van der Waals surface area contributed by atoms with E-state index in [-0.39, 0.29) is 24.4 Å². The fraction of sp³-hybridized carbons (Fsp3) is 0.667. The van der Waals surface area contributed by atoms with Crippen LogP contribution in [0.3, 0.4) is 0 Å². The van der Waals surface area contributed by atoms with Crippen LogP contribution in [-0.2, 0) is 4.79 Å². The van der Waals surface area contributed by atoms with E-state index in [0.717, 1.165) is 23.4 Å². The predicted octanol–water partition coefficient (Wildman–Crippen LogP) is -0.701. The molecule has 1 aromatic rings. The van der Waals surface area contributed by atoms with Gasteiger partial charge in [-0.1, -0.05) is 17.7 Å². The van der Waals surface area contributed by atoms with Crippen LogP contribution in [-0.4, -0.2) is 49.6 Å². The Balaban J connectivity index is 0.00000338. The second-order valence-electron chi connectivity index (χ2n) is 7.87. The van der Waals surface area contributed by atoms with Gasteiger partial charge in [-0.2, -0.15) is 0 Å². The molecule has 1 amide bonds. The molecule has 0 saturated carbocycles. The van der Waals surface area contributed by atoms with E-state index in [9.17, 15) is 4.79 Å². The van der Waals surface area contributed by atoms with Crippen LogP contribution in [0.5, 0.6) is 5.75 Å². The largest absolute Gasteiger partial charge is 1.00 e. The average Bonchev–Trinajstić information content (AvgIpc) is 2.55. The molecule has 4 nitrogen and oxygen atoms in total. The smallest absolute Gasteiger partial charge is 0.277 e. The van der Waals surface area contributed by atoms with Crippen molar-refractivity contribution in [2.75, 3.05) is 26.7 Å². The first-order chi connectivity index (χ1) is 11.8. The van der Waals surface area contributed by atoms with Gasteiger partial charge in [-0.25, -0.2) is 0 Å². The molecule has 3 unspecified atom stereocenters. The molecule has 1 fully saturated rings. The molecular weight excluding hydrogens is 348 g/mol. The molecule has 1 aromatic carbocycles. The highest BCUT2D eigenvalue weighted by Crippen LogP contribution is 2.24. The number of carbonyl (C=O) groups is 1. The Labute approximate surface area is 165 Å². The normalized spacial score (nSPS) is 20.8. The summed E-state index contributed by atoms with van der Waals surface area (Å²) in [7, 11) is 1.90. The van der Waals surface area contributed by atoms with Crippen molar-refractivity contribution in [3.63, 3.8) is 0 Å². The number of likely N-dealkylation sites (tertiary alicyclic amines) is 1. The van der Waals surface area contributed by atoms with E-state index in [1.165, 1.54) is 29.7 Å². The second-order valence-corrected chi connectivity index (χ2v) is 7.87. The molecule has 2 rings (SSSR count). The number of quaternary nitrogens is 1. The number of carbonyl (C=O) groups excluding carboxylic acids is 1. The van der Waals surface area contributed by atoms with Crippen molar-refractivity contribution in [2.45, 2.75) is 66.0 Å². The fourth-order valence-electron chi connectivity index (χ4n) is 3.79. The summed E-state index contributed by atoms with van der Waals surface area (Å²) in [5, 5.41) is 0. The molecule has 1 heterocycles. The summed E-state index contributed by atoms with van der Waals surface area (Å²) in [6.07, 6.45) is 3.77. The third-order valence-electron chi connectivity index (χ3n) is 5.59. The number of amides is 1. The van der Waals surface area contributed by atoms with E-state index in [2.05, 4.69) is 46.8 Å². The van der Waals surface area contributed by atoms with Crippen LogP contribution < -0.4 is 22.0 Å². The maximum atomic E-state index is 12.6. The Morgan fingerprint density at radius 3 is 2.46 bits per heavy atom. The highest BCUT2D eigenvalue weighted by molar-refractivity contribution is 5.77. The topological polar surface area (TPSA) is 34.0 Å². The monoisotopic (exact) mass is 382 g/mol. The third kappa shape index (κ3) is 5.88. The lowest BCUT2D eigenvalue weighted by Crippen LogP contribution is -3.17. The van der Waals surface area contributed by atoms with Crippen LogP contribution >= 0.6 is 0 Å². The SMILES string of the molecule is Cc1cc(C)c(OCC(C)N(C)C(=O)C[NH+]2CCCCC2C)c(C)c1.[Cl-]. The van der Waals surface area contributed by atoms with Gasteiger partial charge in [-0.05, 0) is 65.0 Å². The summed E-state index contributed by atoms with van der Waals surface area (Å²) in [4.78, 5) is 15.9. The molecule has 0 bridgehead atoms. The van der Waals surface area contributed by atoms with Gasteiger partial charge in [0.1, 0.15) is 12.4 Å². The average molecular weight is 383 g/mol. The quantitative estimate of drug-likeness (QED) is 0.706. The minimum atomic E-state index is 0. The van der Waals surface area contributed by atoms with Gasteiger partial charge < -0.3 is 26.9 Å². The number of likely N-dealkylation sites (N-methyl/N-ethyl adjacent to an activating group) is 1. The van der Waals surface area contributed by atoms with Gasteiger partial charge in [-0.15, -0.1) is 0 Å². The number of piperidine rings is 1. The van der Waals surface area contributed by atoms with Gasteiger partial charge >= 0.3 is 0 Å². The molecule has 0 radical (unpaired) electrons. The zero-order valence-electron chi connectivity index (χ0n) is 17.2. The van der Waals surface area contributed by atoms with Crippen LogP contribution in [0.1, 0.15) is 49.8 Å². The van der Waals surface area contributed by atoms with Crippen molar-refractivity contribution in [3.8, 4) is 5.75 Å². The van der Waals surface area contributed by atoms with Gasteiger partial charge in [0, 0.05) is 7.05 Å². The molecule has 3 atom stereocenters. The molecule has 1 saturated heterocycles. The van der Waals surface area contributed by atoms with E-state index in [4.69, 9.17) is 4.74 Å². The first-order valence-electron chi connectivity index (χ1n) is 9.60. The van der Waals surface area contributed by atoms with Gasteiger partial charge in [0.15, 0.2) is 6.54 Å². The van der Waals surface area contributed by atoms with E-state index >= 15 is 0 Å².